The predicted octanol–water partition coefficient (Wildman–Crippen LogP) is 4.74. The maximum absolute atomic E-state index is 6.10. The lowest BCUT2D eigenvalue weighted by Crippen LogP contribution is -2.21. The van der Waals surface area contributed by atoms with E-state index >= 15 is 0 Å². The summed E-state index contributed by atoms with van der Waals surface area (Å²) in [5, 5.41) is 1.64. The zero-order valence-corrected chi connectivity index (χ0v) is 17.3. The van der Waals surface area contributed by atoms with Crippen LogP contribution in [-0.2, 0) is 0 Å². The van der Waals surface area contributed by atoms with Crippen LogP contribution in [0.1, 0.15) is 20.8 Å². The Bertz CT molecular complexity index is 752. The summed E-state index contributed by atoms with van der Waals surface area (Å²) in [5.74, 6) is 1.07. The highest BCUT2D eigenvalue weighted by atomic mass is 31.1. The Kier molecular flexibility index (Phi) is 4.72. The van der Waals surface area contributed by atoms with Crippen LogP contribution in [0.15, 0.2) is 36.4 Å². The molecule has 0 spiro atoms. The molecule has 0 aromatic heterocycles. The van der Waals surface area contributed by atoms with Crippen molar-refractivity contribution in [3.8, 4) is 16.9 Å². The van der Waals surface area contributed by atoms with Crippen molar-refractivity contribution < 1.29 is 4.74 Å². The molecule has 0 saturated carbocycles. The molecule has 0 bridgehead atoms. The highest BCUT2D eigenvalue weighted by Gasteiger charge is 2.36. The van der Waals surface area contributed by atoms with Gasteiger partial charge in [0.25, 0.3) is 0 Å². The van der Waals surface area contributed by atoms with E-state index in [4.69, 9.17) is 4.74 Å². The van der Waals surface area contributed by atoms with Crippen LogP contribution in [0.2, 0.25) is 0 Å². The van der Waals surface area contributed by atoms with E-state index in [2.05, 4.69) is 95.2 Å². The van der Waals surface area contributed by atoms with E-state index in [9.17, 15) is 0 Å². The largest absolute Gasteiger partial charge is 0.488 e. The minimum atomic E-state index is -0.369. The van der Waals surface area contributed by atoms with Crippen molar-refractivity contribution in [3.05, 3.63) is 36.4 Å². The first-order chi connectivity index (χ1) is 11.7. The third-order valence-electron chi connectivity index (χ3n) is 4.68. The monoisotopic (exact) mass is 356 g/mol. The van der Waals surface area contributed by atoms with Crippen LogP contribution in [0.5, 0.6) is 5.75 Å². The number of nitrogens with zero attached hydrogens (tertiary/aromatic N) is 2. The van der Waals surface area contributed by atoms with Gasteiger partial charge in [0.05, 0.1) is 0 Å². The van der Waals surface area contributed by atoms with Crippen molar-refractivity contribution in [2.45, 2.75) is 25.9 Å². The number of benzene rings is 2. The highest BCUT2D eigenvalue weighted by molar-refractivity contribution is 7.67. The van der Waals surface area contributed by atoms with Crippen LogP contribution in [-0.4, -0.2) is 39.7 Å². The number of rotatable bonds is 3. The second-order valence-corrected chi connectivity index (χ2v) is 10.9. The van der Waals surface area contributed by atoms with Crippen LogP contribution in [0.3, 0.4) is 0 Å². The molecule has 2 aromatic rings. The molecule has 0 saturated heterocycles. The fourth-order valence-electron chi connectivity index (χ4n) is 3.40. The first-order valence-electron chi connectivity index (χ1n) is 8.73. The smallest absolute Gasteiger partial charge is 0.128 e. The van der Waals surface area contributed by atoms with Crippen molar-refractivity contribution in [2.24, 2.45) is 0 Å². The Morgan fingerprint density at radius 1 is 0.880 bits per heavy atom. The molecule has 0 N–H and O–H groups in total. The lowest BCUT2D eigenvalue weighted by Gasteiger charge is -2.30. The van der Waals surface area contributed by atoms with Gasteiger partial charge in [0.15, 0.2) is 0 Å². The standard InChI is InChI=1S/C21H29N2OP/c1-21(2,3)25-14-24-18-13-8-10-15(20(18)25)19-16(22(4)5)11-9-12-17(19)23(6)7/h8-13H,14H2,1-7H3. The fourth-order valence-corrected chi connectivity index (χ4v) is 5.73. The van der Waals surface area contributed by atoms with E-state index in [1.165, 1.54) is 27.8 Å². The molecule has 0 fully saturated rings. The molecule has 0 amide bonds. The molecule has 25 heavy (non-hydrogen) atoms. The first-order valence-corrected chi connectivity index (χ1v) is 10.3. The number of anilines is 2. The van der Waals surface area contributed by atoms with Crippen LogP contribution >= 0.6 is 7.92 Å². The van der Waals surface area contributed by atoms with Gasteiger partial charge >= 0.3 is 0 Å². The molecule has 2 aromatic carbocycles. The Morgan fingerprint density at radius 3 is 1.96 bits per heavy atom. The predicted molar refractivity (Wildman–Crippen MR) is 112 cm³/mol. The molecule has 1 heterocycles. The van der Waals surface area contributed by atoms with E-state index < -0.39 is 0 Å². The third-order valence-corrected chi connectivity index (χ3v) is 7.69. The summed E-state index contributed by atoms with van der Waals surface area (Å²) in [6, 6.07) is 13.1. The van der Waals surface area contributed by atoms with Gasteiger partial charge in [-0.05, 0) is 36.8 Å². The summed E-state index contributed by atoms with van der Waals surface area (Å²) in [6.45, 7) is 7.00. The van der Waals surface area contributed by atoms with Gasteiger partial charge in [-0.3, -0.25) is 0 Å². The Hall–Kier alpha value is -1.73. The normalized spacial score (nSPS) is 16.4. The molecular formula is C21H29N2OP. The van der Waals surface area contributed by atoms with Gasteiger partial charge in [0.1, 0.15) is 12.1 Å². The third kappa shape index (κ3) is 3.22. The molecular weight excluding hydrogens is 327 g/mol. The topological polar surface area (TPSA) is 15.7 Å². The Labute approximate surface area is 153 Å². The summed E-state index contributed by atoms with van der Waals surface area (Å²) in [5.41, 5.74) is 5.12. The van der Waals surface area contributed by atoms with Gasteiger partial charge < -0.3 is 14.5 Å². The van der Waals surface area contributed by atoms with Crippen LogP contribution in [0.25, 0.3) is 11.1 Å². The number of ether oxygens (including phenoxy) is 1. The van der Waals surface area contributed by atoms with E-state index in [-0.39, 0.29) is 13.1 Å². The first kappa shape index (κ1) is 18.1. The van der Waals surface area contributed by atoms with Gasteiger partial charge in [-0.15, -0.1) is 0 Å². The molecule has 1 unspecified atom stereocenters. The lowest BCUT2D eigenvalue weighted by molar-refractivity contribution is 0.400. The fraction of sp³-hybridized carbons (Fsp3) is 0.429. The number of hydrogen-bond acceptors (Lipinski definition) is 3. The minimum Gasteiger partial charge on any atom is -0.488 e. The summed E-state index contributed by atoms with van der Waals surface area (Å²) in [6.07, 6.45) is 0.826. The molecule has 0 aliphatic carbocycles. The maximum Gasteiger partial charge on any atom is 0.128 e. The van der Waals surface area contributed by atoms with Gasteiger partial charge in [0.2, 0.25) is 0 Å². The molecule has 1 aliphatic heterocycles. The molecule has 0 radical (unpaired) electrons. The van der Waals surface area contributed by atoms with Gasteiger partial charge in [-0.25, -0.2) is 0 Å². The zero-order chi connectivity index (χ0) is 18.4. The summed E-state index contributed by atoms with van der Waals surface area (Å²) in [4.78, 5) is 4.41. The SMILES string of the molecule is CN(C)c1cccc(N(C)C)c1-c1cccc2c1P(C(C)(C)C)CO2. The van der Waals surface area contributed by atoms with Crippen molar-refractivity contribution in [3.63, 3.8) is 0 Å². The molecule has 1 aliphatic rings. The maximum atomic E-state index is 6.10. The van der Waals surface area contributed by atoms with Gasteiger partial charge in [-0.1, -0.05) is 39.0 Å². The second-order valence-electron chi connectivity index (χ2n) is 7.98. The number of hydrogen-bond donors (Lipinski definition) is 0. The second kappa shape index (κ2) is 6.53. The summed E-state index contributed by atoms with van der Waals surface area (Å²) in [7, 11) is 8.09. The summed E-state index contributed by atoms with van der Waals surface area (Å²) >= 11 is 0. The average Bonchev–Trinajstić information content (AvgIpc) is 2.98. The van der Waals surface area contributed by atoms with E-state index in [1.807, 2.05) is 0 Å². The van der Waals surface area contributed by atoms with Crippen molar-refractivity contribution in [1.29, 1.82) is 0 Å². The minimum absolute atomic E-state index is 0.224. The Morgan fingerprint density at radius 2 is 1.44 bits per heavy atom. The van der Waals surface area contributed by atoms with Gasteiger partial charge in [-0.2, -0.15) is 0 Å². The van der Waals surface area contributed by atoms with Crippen LogP contribution in [0, 0.1) is 0 Å². The van der Waals surface area contributed by atoms with E-state index in [1.54, 1.807) is 0 Å². The van der Waals surface area contributed by atoms with Crippen LogP contribution < -0.4 is 19.8 Å². The van der Waals surface area contributed by atoms with Crippen LogP contribution in [0.4, 0.5) is 11.4 Å². The highest BCUT2D eigenvalue weighted by Crippen LogP contribution is 2.56. The van der Waals surface area contributed by atoms with Crippen molar-refractivity contribution in [2.75, 3.05) is 44.3 Å². The van der Waals surface area contributed by atoms with Gasteiger partial charge in [0, 0.05) is 50.4 Å². The lowest BCUT2D eigenvalue weighted by atomic mass is 9.99. The average molecular weight is 356 g/mol. The molecule has 1 atom stereocenters. The molecule has 134 valence electrons. The molecule has 3 rings (SSSR count). The molecule has 3 nitrogen and oxygen atoms in total. The van der Waals surface area contributed by atoms with E-state index in [0.29, 0.717) is 0 Å². The van der Waals surface area contributed by atoms with Crippen molar-refractivity contribution >= 4 is 24.6 Å². The van der Waals surface area contributed by atoms with E-state index in [0.717, 1.165) is 12.1 Å². The number of fused-ring (bicyclic) bond motifs is 1. The van der Waals surface area contributed by atoms with Crippen molar-refractivity contribution in [1.82, 2.24) is 0 Å². The summed E-state index contributed by atoms with van der Waals surface area (Å²) < 4.78 is 6.10. The quantitative estimate of drug-likeness (QED) is 0.739. The molecule has 4 heteroatoms. The Balaban J connectivity index is 2.31. The zero-order valence-electron chi connectivity index (χ0n) is 16.4.